The number of rotatable bonds is 9. The second-order valence-electron chi connectivity index (χ2n) is 6.64. The summed E-state index contributed by atoms with van der Waals surface area (Å²) < 4.78 is 11.2. The topological polar surface area (TPSA) is 34.4 Å². The van der Waals surface area contributed by atoms with Crippen LogP contribution in [0.2, 0.25) is 0 Å². The molecule has 1 aromatic carbocycles. The second-order valence-corrected chi connectivity index (χ2v) is 6.64. The summed E-state index contributed by atoms with van der Waals surface area (Å²) >= 11 is 0. The van der Waals surface area contributed by atoms with E-state index in [0.717, 1.165) is 31.0 Å². The van der Waals surface area contributed by atoms with E-state index in [1.54, 1.807) is 6.26 Å². The van der Waals surface area contributed by atoms with Gasteiger partial charge in [0.05, 0.1) is 12.4 Å². The van der Waals surface area contributed by atoms with Gasteiger partial charge in [-0.2, -0.15) is 0 Å². The van der Waals surface area contributed by atoms with Gasteiger partial charge in [0.2, 0.25) is 0 Å². The van der Waals surface area contributed by atoms with Crippen molar-refractivity contribution in [2.75, 3.05) is 6.54 Å². The van der Waals surface area contributed by atoms with Crippen LogP contribution in [0.1, 0.15) is 51.4 Å². The minimum Gasteiger partial charge on any atom is -0.491 e. The molecule has 1 heterocycles. The highest BCUT2D eigenvalue weighted by Gasteiger charge is 2.17. The zero-order valence-electron chi connectivity index (χ0n) is 14.7. The molecular formula is C20H29NO2. The first-order valence-corrected chi connectivity index (χ1v) is 8.56. The third-order valence-electron chi connectivity index (χ3n) is 3.97. The van der Waals surface area contributed by atoms with Crippen LogP contribution in [0.25, 0.3) is 0 Å². The van der Waals surface area contributed by atoms with E-state index in [9.17, 15) is 0 Å². The highest BCUT2D eigenvalue weighted by molar-refractivity contribution is 5.27. The van der Waals surface area contributed by atoms with Gasteiger partial charge >= 0.3 is 0 Å². The zero-order valence-corrected chi connectivity index (χ0v) is 14.7. The van der Waals surface area contributed by atoms with Crippen LogP contribution in [-0.4, -0.2) is 12.6 Å². The lowest BCUT2D eigenvalue weighted by Gasteiger charge is -2.18. The molecule has 1 N–H and O–H groups in total. The smallest absolute Gasteiger partial charge is 0.119 e. The lowest BCUT2D eigenvalue weighted by atomic mass is 9.90. The lowest BCUT2D eigenvalue weighted by Crippen LogP contribution is -2.19. The van der Waals surface area contributed by atoms with E-state index in [-0.39, 0.29) is 6.10 Å². The Balaban J connectivity index is 1.76. The van der Waals surface area contributed by atoms with E-state index in [1.807, 2.05) is 32.0 Å². The minimum atomic E-state index is 0.216. The Hall–Kier alpha value is -1.74. The molecule has 2 aromatic rings. The second kappa shape index (κ2) is 8.78. The Bertz CT molecular complexity index is 544. The van der Waals surface area contributed by atoms with E-state index in [4.69, 9.17) is 9.15 Å². The Morgan fingerprint density at radius 2 is 1.78 bits per heavy atom. The fourth-order valence-electron chi connectivity index (χ4n) is 2.75. The zero-order chi connectivity index (χ0) is 16.7. The van der Waals surface area contributed by atoms with Gasteiger partial charge in [-0.1, -0.05) is 26.0 Å². The van der Waals surface area contributed by atoms with Gasteiger partial charge in [-0.25, -0.2) is 0 Å². The number of furan rings is 1. The largest absolute Gasteiger partial charge is 0.491 e. The summed E-state index contributed by atoms with van der Waals surface area (Å²) in [5.41, 5.74) is 1.28. The Morgan fingerprint density at radius 1 is 1.04 bits per heavy atom. The van der Waals surface area contributed by atoms with Crippen LogP contribution in [-0.2, 0) is 6.54 Å². The third-order valence-corrected chi connectivity index (χ3v) is 3.97. The first kappa shape index (κ1) is 17.6. The molecule has 0 aliphatic rings. The van der Waals surface area contributed by atoms with E-state index in [2.05, 4.69) is 37.4 Å². The molecule has 3 heteroatoms. The van der Waals surface area contributed by atoms with Crippen molar-refractivity contribution in [2.45, 2.75) is 52.7 Å². The van der Waals surface area contributed by atoms with Crippen molar-refractivity contribution in [1.82, 2.24) is 5.32 Å². The number of ether oxygens (including phenoxy) is 1. The lowest BCUT2D eigenvalue weighted by molar-refractivity contribution is 0.242. The monoisotopic (exact) mass is 315 g/mol. The maximum atomic E-state index is 5.66. The first-order chi connectivity index (χ1) is 11.1. The number of benzene rings is 1. The van der Waals surface area contributed by atoms with Crippen LogP contribution < -0.4 is 10.1 Å². The highest BCUT2D eigenvalue weighted by atomic mass is 16.5. The van der Waals surface area contributed by atoms with E-state index >= 15 is 0 Å². The quantitative estimate of drug-likeness (QED) is 0.662. The summed E-state index contributed by atoms with van der Waals surface area (Å²) in [6.45, 7) is 10.4. The van der Waals surface area contributed by atoms with E-state index in [0.29, 0.717) is 11.8 Å². The number of hydrogen-bond donors (Lipinski definition) is 1. The molecular weight excluding hydrogens is 286 g/mol. The van der Waals surface area contributed by atoms with Gasteiger partial charge in [-0.3, -0.25) is 0 Å². The van der Waals surface area contributed by atoms with Crippen LogP contribution in [0, 0.1) is 5.92 Å². The predicted octanol–water partition coefficient (Wildman–Crippen LogP) is 4.99. The molecule has 3 nitrogen and oxygen atoms in total. The van der Waals surface area contributed by atoms with Gasteiger partial charge < -0.3 is 14.5 Å². The fourth-order valence-corrected chi connectivity index (χ4v) is 2.75. The van der Waals surface area contributed by atoms with Crippen molar-refractivity contribution >= 4 is 0 Å². The van der Waals surface area contributed by atoms with Crippen LogP contribution in [0.4, 0.5) is 0 Å². The van der Waals surface area contributed by atoms with Gasteiger partial charge in [0.15, 0.2) is 0 Å². The SMILES string of the molecule is CC(C)Oc1ccc(CNCC[C@H](c2ccco2)C(C)C)cc1. The molecule has 0 radical (unpaired) electrons. The first-order valence-electron chi connectivity index (χ1n) is 8.56. The normalized spacial score (nSPS) is 12.8. The van der Waals surface area contributed by atoms with Crippen molar-refractivity contribution in [3.63, 3.8) is 0 Å². The summed E-state index contributed by atoms with van der Waals surface area (Å²) in [7, 11) is 0. The molecule has 0 bridgehead atoms. The third kappa shape index (κ3) is 5.76. The molecule has 1 aromatic heterocycles. The standard InChI is InChI=1S/C20H29NO2/c1-15(2)19(20-6-5-13-22-20)11-12-21-14-17-7-9-18(10-8-17)23-16(3)4/h5-10,13,15-16,19,21H,11-12,14H2,1-4H3/t19-/m0/s1. The summed E-state index contributed by atoms with van der Waals surface area (Å²) in [6, 6.07) is 12.4. The molecule has 0 unspecified atom stereocenters. The van der Waals surface area contributed by atoms with E-state index in [1.165, 1.54) is 5.56 Å². The van der Waals surface area contributed by atoms with Crippen molar-refractivity contribution in [2.24, 2.45) is 5.92 Å². The van der Waals surface area contributed by atoms with Crippen LogP contribution in [0.5, 0.6) is 5.75 Å². The maximum absolute atomic E-state index is 5.66. The molecule has 126 valence electrons. The minimum absolute atomic E-state index is 0.216. The van der Waals surface area contributed by atoms with Crippen molar-refractivity contribution in [1.29, 1.82) is 0 Å². The average Bonchev–Trinajstić information content (AvgIpc) is 3.01. The summed E-state index contributed by atoms with van der Waals surface area (Å²) in [5, 5.41) is 3.53. The number of hydrogen-bond acceptors (Lipinski definition) is 3. The molecule has 0 amide bonds. The van der Waals surface area contributed by atoms with Gasteiger partial charge in [-0.05, 0) is 62.6 Å². The Morgan fingerprint density at radius 3 is 2.35 bits per heavy atom. The Kier molecular flexibility index (Phi) is 6.72. The summed E-state index contributed by atoms with van der Waals surface area (Å²) in [4.78, 5) is 0. The molecule has 0 aliphatic carbocycles. The van der Waals surface area contributed by atoms with Gasteiger partial charge in [0, 0.05) is 12.5 Å². The molecule has 0 fully saturated rings. The van der Waals surface area contributed by atoms with Crippen molar-refractivity contribution < 1.29 is 9.15 Å². The number of nitrogens with one attached hydrogen (secondary N) is 1. The van der Waals surface area contributed by atoms with Crippen LogP contribution >= 0.6 is 0 Å². The Labute approximate surface area is 140 Å². The van der Waals surface area contributed by atoms with Crippen molar-refractivity contribution in [3.05, 3.63) is 54.0 Å². The molecule has 0 saturated carbocycles. The van der Waals surface area contributed by atoms with Crippen LogP contribution in [0.15, 0.2) is 47.1 Å². The van der Waals surface area contributed by atoms with Gasteiger partial charge in [0.25, 0.3) is 0 Å². The fraction of sp³-hybridized carbons (Fsp3) is 0.500. The van der Waals surface area contributed by atoms with Gasteiger partial charge in [-0.15, -0.1) is 0 Å². The maximum Gasteiger partial charge on any atom is 0.119 e. The molecule has 1 atom stereocenters. The van der Waals surface area contributed by atoms with Crippen molar-refractivity contribution in [3.8, 4) is 5.75 Å². The highest BCUT2D eigenvalue weighted by Crippen LogP contribution is 2.27. The van der Waals surface area contributed by atoms with E-state index < -0.39 is 0 Å². The average molecular weight is 315 g/mol. The molecule has 2 rings (SSSR count). The molecule has 0 saturated heterocycles. The molecule has 0 spiro atoms. The van der Waals surface area contributed by atoms with Gasteiger partial charge in [0.1, 0.15) is 11.5 Å². The summed E-state index contributed by atoms with van der Waals surface area (Å²) in [5.74, 6) is 3.08. The van der Waals surface area contributed by atoms with Crippen LogP contribution in [0.3, 0.4) is 0 Å². The molecule has 0 aliphatic heterocycles. The predicted molar refractivity (Wildman–Crippen MR) is 94.8 cm³/mol. The molecule has 23 heavy (non-hydrogen) atoms. The summed E-state index contributed by atoms with van der Waals surface area (Å²) in [6.07, 6.45) is 3.06.